The molecule has 0 unspecified atom stereocenters. The number of ether oxygens (including phenoxy) is 1. The van der Waals surface area contributed by atoms with Crippen molar-refractivity contribution in [1.82, 2.24) is 4.90 Å². The molecule has 114 valence electrons. The van der Waals surface area contributed by atoms with Gasteiger partial charge in [0.2, 0.25) is 0 Å². The van der Waals surface area contributed by atoms with E-state index in [0.717, 1.165) is 5.57 Å². The summed E-state index contributed by atoms with van der Waals surface area (Å²) in [6.45, 7) is 10.1. The van der Waals surface area contributed by atoms with E-state index in [1.165, 1.54) is 6.07 Å². The minimum atomic E-state index is -1.01. The lowest BCUT2D eigenvalue weighted by Gasteiger charge is -2.21. The van der Waals surface area contributed by atoms with Crippen LogP contribution in [0.2, 0.25) is 0 Å². The topological polar surface area (TPSA) is 66.8 Å². The Kier molecular flexibility index (Phi) is 5.96. The van der Waals surface area contributed by atoms with Crippen molar-refractivity contribution in [2.45, 2.75) is 20.8 Å². The molecule has 0 atom stereocenters. The van der Waals surface area contributed by atoms with Gasteiger partial charge in [0.25, 0.3) is 5.91 Å². The summed E-state index contributed by atoms with van der Waals surface area (Å²) < 4.78 is 5.47. The smallest absolute Gasteiger partial charge is 0.336 e. The van der Waals surface area contributed by atoms with E-state index in [9.17, 15) is 9.59 Å². The molecule has 5 nitrogen and oxygen atoms in total. The summed E-state index contributed by atoms with van der Waals surface area (Å²) in [5.41, 5.74) is 1.59. The summed E-state index contributed by atoms with van der Waals surface area (Å²) >= 11 is 0. The van der Waals surface area contributed by atoms with E-state index in [0.29, 0.717) is 24.4 Å². The Morgan fingerprint density at radius 3 is 2.57 bits per heavy atom. The molecule has 0 radical (unpaired) electrons. The van der Waals surface area contributed by atoms with Crippen molar-refractivity contribution < 1.29 is 19.4 Å². The Balaban J connectivity index is 2.75. The van der Waals surface area contributed by atoms with Crippen LogP contribution in [-0.4, -0.2) is 41.6 Å². The van der Waals surface area contributed by atoms with E-state index < -0.39 is 5.97 Å². The van der Waals surface area contributed by atoms with Gasteiger partial charge in [-0.05, 0) is 32.9 Å². The second-order valence-corrected chi connectivity index (χ2v) is 4.89. The van der Waals surface area contributed by atoms with Crippen molar-refractivity contribution in [2.75, 3.05) is 19.7 Å². The van der Waals surface area contributed by atoms with Crippen molar-refractivity contribution in [3.8, 4) is 5.75 Å². The minimum absolute atomic E-state index is 0.120. The number of aromatic carboxylic acids is 1. The molecule has 1 aromatic rings. The first-order chi connectivity index (χ1) is 9.86. The highest BCUT2D eigenvalue weighted by atomic mass is 16.5. The Morgan fingerprint density at radius 2 is 2.05 bits per heavy atom. The fourth-order valence-corrected chi connectivity index (χ4v) is 1.94. The summed E-state index contributed by atoms with van der Waals surface area (Å²) in [4.78, 5) is 24.7. The number of hydrogen-bond donors (Lipinski definition) is 1. The maximum Gasteiger partial charge on any atom is 0.336 e. The number of rotatable bonds is 7. The number of carboxylic acid groups (broad SMARTS) is 1. The number of carbonyl (C=O) groups is 2. The number of carboxylic acids is 1. The molecule has 0 heterocycles. The molecule has 0 aromatic heterocycles. The quantitative estimate of drug-likeness (QED) is 0.784. The molecule has 0 saturated carbocycles. The lowest BCUT2D eigenvalue weighted by atomic mass is 10.1. The highest BCUT2D eigenvalue weighted by Crippen LogP contribution is 2.21. The number of nitrogens with zero attached hydrogens (tertiary/aromatic N) is 1. The van der Waals surface area contributed by atoms with Crippen molar-refractivity contribution in [3.05, 3.63) is 41.5 Å². The maximum atomic E-state index is 12.1. The molecule has 0 bridgehead atoms. The highest BCUT2D eigenvalue weighted by Gasteiger charge is 2.15. The van der Waals surface area contributed by atoms with Gasteiger partial charge in [-0.25, -0.2) is 4.79 Å². The molecule has 0 fully saturated rings. The van der Waals surface area contributed by atoms with Crippen LogP contribution in [0.4, 0.5) is 0 Å². The van der Waals surface area contributed by atoms with Crippen LogP contribution in [0.15, 0.2) is 30.4 Å². The second kappa shape index (κ2) is 7.47. The molecule has 0 aliphatic heterocycles. The molecule has 5 heteroatoms. The third-order valence-electron chi connectivity index (χ3n) is 3.06. The van der Waals surface area contributed by atoms with Crippen molar-refractivity contribution in [1.29, 1.82) is 0 Å². The van der Waals surface area contributed by atoms with Crippen LogP contribution in [0.1, 0.15) is 29.8 Å². The third kappa shape index (κ3) is 4.63. The van der Waals surface area contributed by atoms with Gasteiger partial charge >= 0.3 is 5.97 Å². The summed E-state index contributed by atoms with van der Waals surface area (Å²) in [6, 6.07) is 4.76. The molecule has 1 amide bonds. The van der Waals surface area contributed by atoms with E-state index in [4.69, 9.17) is 9.84 Å². The first-order valence-corrected chi connectivity index (χ1v) is 6.74. The zero-order valence-electron chi connectivity index (χ0n) is 12.7. The molecule has 0 aliphatic rings. The van der Waals surface area contributed by atoms with Gasteiger partial charge in [-0.3, -0.25) is 4.79 Å². The van der Waals surface area contributed by atoms with Crippen LogP contribution in [0.5, 0.6) is 5.75 Å². The van der Waals surface area contributed by atoms with Crippen LogP contribution in [0.3, 0.4) is 0 Å². The average Bonchev–Trinajstić information content (AvgIpc) is 2.42. The van der Waals surface area contributed by atoms with Crippen LogP contribution in [0, 0.1) is 6.92 Å². The third-order valence-corrected chi connectivity index (χ3v) is 3.06. The highest BCUT2D eigenvalue weighted by molar-refractivity contribution is 5.90. The summed E-state index contributed by atoms with van der Waals surface area (Å²) in [7, 11) is 0. The lowest BCUT2D eigenvalue weighted by Crippen LogP contribution is -2.35. The normalized spacial score (nSPS) is 10.0. The fourth-order valence-electron chi connectivity index (χ4n) is 1.94. The monoisotopic (exact) mass is 291 g/mol. The number of amides is 1. The van der Waals surface area contributed by atoms with Crippen LogP contribution < -0.4 is 4.74 Å². The number of carbonyl (C=O) groups excluding carboxylic acids is 1. The molecule has 0 spiro atoms. The first kappa shape index (κ1) is 16.8. The molecule has 1 rings (SSSR count). The molecule has 21 heavy (non-hydrogen) atoms. The Bertz CT molecular complexity index is 551. The maximum absolute atomic E-state index is 12.1. The largest absolute Gasteiger partial charge is 0.483 e. The number of likely N-dealkylation sites (N-methyl/N-ethyl adjacent to an activating group) is 1. The van der Waals surface area contributed by atoms with Gasteiger partial charge < -0.3 is 14.7 Å². The van der Waals surface area contributed by atoms with Crippen molar-refractivity contribution >= 4 is 11.9 Å². The minimum Gasteiger partial charge on any atom is -0.483 e. The predicted octanol–water partition coefficient (Wildman–Crippen LogP) is 2.50. The lowest BCUT2D eigenvalue weighted by molar-refractivity contribution is -0.132. The zero-order valence-corrected chi connectivity index (χ0v) is 12.7. The van der Waals surface area contributed by atoms with Gasteiger partial charge in [-0.1, -0.05) is 18.2 Å². The Labute approximate surface area is 124 Å². The predicted molar refractivity (Wildman–Crippen MR) is 80.7 cm³/mol. The fraction of sp³-hybridized carbons (Fsp3) is 0.375. The molecule has 0 aliphatic carbocycles. The Morgan fingerprint density at radius 1 is 1.38 bits per heavy atom. The van der Waals surface area contributed by atoms with Gasteiger partial charge in [-0.15, -0.1) is 0 Å². The van der Waals surface area contributed by atoms with Gasteiger partial charge in [0.1, 0.15) is 5.75 Å². The van der Waals surface area contributed by atoms with Crippen molar-refractivity contribution in [3.63, 3.8) is 0 Å². The second-order valence-electron chi connectivity index (χ2n) is 4.89. The van der Waals surface area contributed by atoms with E-state index in [1.807, 2.05) is 13.8 Å². The van der Waals surface area contributed by atoms with E-state index >= 15 is 0 Å². The van der Waals surface area contributed by atoms with E-state index in [1.54, 1.807) is 24.0 Å². The average molecular weight is 291 g/mol. The molecule has 1 N–H and O–H groups in total. The number of benzene rings is 1. The van der Waals surface area contributed by atoms with Crippen LogP contribution >= 0.6 is 0 Å². The molecule has 0 saturated heterocycles. The molecular weight excluding hydrogens is 270 g/mol. The van der Waals surface area contributed by atoms with Crippen LogP contribution in [-0.2, 0) is 4.79 Å². The Hall–Kier alpha value is -2.30. The standard InChI is InChI=1S/C16H21NO4/c1-5-17(9-11(2)3)15(18)10-21-14-8-6-7-13(12(14)4)16(19)20/h6-8H,2,5,9-10H2,1,3-4H3,(H,19,20). The zero-order chi connectivity index (χ0) is 16.0. The summed E-state index contributed by atoms with van der Waals surface area (Å²) in [5, 5.41) is 9.05. The van der Waals surface area contributed by atoms with Gasteiger partial charge in [0.05, 0.1) is 5.56 Å². The van der Waals surface area contributed by atoms with Gasteiger partial charge in [0.15, 0.2) is 6.61 Å². The number of hydrogen-bond acceptors (Lipinski definition) is 3. The SMILES string of the molecule is C=C(C)CN(CC)C(=O)COc1cccc(C(=O)O)c1C. The molecular formula is C16H21NO4. The summed E-state index contributed by atoms with van der Waals surface area (Å²) in [6.07, 6.45) is 0. The van der Waals surface area contributed by atoms with Crippen molar-refractivity contribution in [2.24, 2.45) is 0 Å². The van der Waals surface area contributed by atoms with E-state index in [-0.39, 0.29) is 18.1 Å². The van der Waals surface area contributed by atoms with Gasteiger partial charge in [-0.2, -0.15) is 0 Å². The van der Waals surface area contributed by atoms with Crippen LogP contribution in [0.25, 0.3) is 0 Å². The first-order valence-electron chi connectivity index (χ1n) is 6.74. The van der Waals surface area contributed by atoms with Gasteiger partial charge in [0, 0.05) is 18.7 Å². The molecule has 1 aromatic carbocycles. The summed E-state index contributed by atoms with van der Waals surface area (Å²) in [5.74, 6) is -0.753. The van der Waals surface area contributed by atoms with E-state index in [2.05, 4.69) is 6.58 Å².